The number of aromatic nitrogens is 1. The minimum atomic E-state index is -0.991. The van der Waals surface area contributed by atoms with Gasteiger partial charge < -0.3 is 20.8 Å². The SMILES string of the molecule is C[C@@]1(O)C[C@H]2CCC[C@@H](C1)[C@@H]2Nc1cc(Nc2ccccc2)ncc1C(=O)O. The van der Waals surface area contributed by atoms with Crippen LogP contribution in [0.2, 0.25) is 0 Å². The lowest BCUT2D eigenvalue weighted by Crippen LogP contribution is -2.51. The first-order valence-electron chi connectivity index (χ1n) is 9.96. The Morgan fingerprint density at radius 3 is 2.50 bits per heavy atom. The molecule has 6 nitrogen and oxygen atoms in total. The van der Waals surface area contributed by atoms with Gasteiger partial charge in [-0.15, -0.1) is 0 Å². The molecule has 0 saturated heterocycles. The summed E-state index contributed by atoms with van der Waals surface area (Å²) in [5, 5.41) is 26.9. The summed E-state index contributed by atoms with van der Waals surface area (Å²) in [4.78, 5) is 16.0. The minimum Gasteiger partial charge on any atom is -0.478 e. The molecule has 1 aromatic heterocycles. The van der Waals surface area contributed by atoms with Gasteiger partial charge in [-0.25, -0.2) is 9.78 Å². The summed E-state index contributed by atoms with van der Waals surface area (Å²) in [6.07, 6.45) is 6.21. The Bertz CT molecular complexity index is 837. The number of para-hydroxylation sites is 1. The van der Waals surface area contributed by atoms with E-state index in [2.05, 4.69) is 15.6 Å². The molecule has 0 aliphatic heterocycles. The average Bonchev–Trinajstić information content (AvgIpc) is 2.63. The summed E-state index contributed by atoms with van der Waals surface area (Å²) >= 11 is 0. The van der Waals surface area contributed by atoms with Crippen molar-refractivity contribution in [1.29, 1.82) is 0 Å². The molecule has 28 heavy (non-hydrogen) atoms. The monoisotopic (exact) mass is 381 g/mol. The number of aliphatic hydroxyl groups is 1. The van der Waals surface area contributed by atoms with Crippen LogP contribution in [-0.4, -0.2) is 32.8 Å². The molecule has 0 radical (unpaired) electrons. The number of aromatic carboxylic acids is 1. The highest BCUT2D eigenvalue weighted by Crippen LogP contribution is 2.46. The van der Waals surface area contributed by atoms with Gasteiger partial charge >= 0.3 is 5.97 Å². The molecule has 148 valence electrons. The third-order valence-electron chi connectivity index (χ3n) is 6.07. The van der Waals surface area contributed by atoms with Crippen molar-refractivity contribution in [2.45, 2.75) is 50.7 Å². The van der Waals surface area contributed by atoms with Crippen molar-refractivity contribution in [2.75, 3.05) is 10.6 Å². The highest BCUT2D eigenvalue weighted by atomic mass is 16.4. The highest BCUT2D eigenvalue weighted by Gasteiger charge is 2.44. The maximum absolute atomic E-state index is 11.7. The molecule has 2 aliphatic carbocycles. The Balaban J connectivity index is 1.60. The van der Waals surface area contributed by atoms with Crippen molar-refractivity contribution >= 4 is 23.2 Å². The van der Waals surface area contributed by atoms with E-state index in [0.29, 0.717) is 23.3 Å². The Morgan fingerprint density at radius 2 is 1.86 bits per heavy atom. The standard InChI is InChI=1S/C22H27N3O3/c1-22(28)11-14-6-5-7-15(12-22)20(14)25-18-10-19(23-13-17(18)21(26)27)24-16-8-3-2-4-9-16/h2-4,8-10,13-15,20,28H,5-7,11-12H2,1H3,(H,26,27)(H2,23,24,25)/t14-,15+,20-,22-. The molecule has 1 aromatic carbocycles. The normalized spacial score (nSPS) is 29.1. The molecular weight excluding hydrogens is 354 g/mol. The highest BCUT2D eigenvalue weighted by molar-refractivity contribution is 5.94. The summed E-state index contributed by atoms with van der Waals surface area (Å²) in [5.74, 6) is 0.312. The first-order chi connectivity index (χ1) is 13.4. The summed E-state index contributed by atoms with van der Waals surface area (Å²) in [5.41, 5.74) is 1.04. The lowest BCUT2D eigenvalue weighted by atomic mass is 9.63. The van der Waals surface area contributed by atoms with E-state index in [1.807, 2.05) is 37.3 Å². The van der Waals surface area contributed by atoms with Gasteiger partial charge in [0.25, 0.3) is 0 Å². The Morgan fingerprint density at radius 1 is 1.18 bits per heavy atom. The summed E-state index contributed by atoms with van der Waals surface area (Å²) < 4.78 is 0. The summed E-state index contributed by atoms with van der Waals surface area (Å²) in [7, 11) is 0. The van der Waals surface area contributed by atoms with Crippen LogP contribution in [0.4, 0.5) is 17.2 Å². The van der Waals surface area contributed by atoms with Gasteiger partial charge in [0, 0.05) is 24.0 Å². The summed E-state index contributed by atoms with van der Waals surface area (Å²) in [6, 6.07) is 11.6. The van der Waals surface area contributed by atoms with Crippen molar-refractivity contribution in [2.24, 2.45) is 11.8 Å². The van der Waals surface area contributed by atoms with Crippen LogP contribution in [0.5, 0.6) is 0 Å². The van der Waals surface area contributed by atoms with E-state index in [-0.39, 0.29) is 11.6 Å². The molecular formula is C22H27N3O3. The maximum Gasteiger partial charge on any atom is 0.339 e. The van der Waals surface area contributed by atoms with E-state index in [0.717, 1.165) is 31.4 Å². The molecule has 2 bridgehead atoms. The molecule has 1 heterocycles. The van der Waals surface area contributed by atoms with Crippen LogP contribution >= 0.6 is 0 Å². The number of rotatable bonds is 5. The molecule has 0 amide bonds. The number of nitrogens with one attached hydrogen (secondary N) is 2. The predicted molar refractivity (Wildman–Crippen MR) is 109 cm³/mol. The average molecular weight is 381 g/mol. The van der Waals surface area contributed by atoms with E-state index in [1.165, 1.54) is 12.6 Å². The predicted octanol–water partition coefficient (Wildman–Crippen LogP) is 4.27. The molecule has 0 unspecified atom stereocenters. The molecule has 0 spiro atoms. The maximum atomic E-state index is 11.7. The third kappa shape index (κ3) is 3.97. The molecule has 2 aromatic rings. The second-order valence-corrected chi connectivity index (χ2v) is 8.44. The van der Waals surface area contributed by atoms with Gasteiger partial charge in [0.2, 0.25) is 0 Å². The quantitative estimate of drug-likeness (QED) is 0.618. The molecule has 4 rings (SSSR count). The van der Waals surface area contributed by atoms with Crippen molar-refractivity contribution < 1.29 is 15.0 Å². The number of hydrogen-bond donors (Lipinski definition) is 4. The van der Waals surface area contributed by atoms with Crippen LogP contribution in [0.15, 0.2) is 42.6 Å². The fourth-order valence-electron chi connectivity index (χ4n) is 4.96. The minimum absolute atomic E-state index is 0.175. The molecule has 4 atom stereocenters. The first-order valence-corrected chi connectivity index (χ1v) is 9.96. The van der Waals surface area contributed by atoms with E-state index in [9.17, 15) is 15.0 Å². The fourth-order valence-corrected chi connectivity index (χ4v) is 4.96. The van der Waals surface area contributed by atoms with E-state index < -0.39 is 11.6 Å². The molecule has 4 N–H and O–H groups in total. The Kier molecular flexibility index (Phi) is 4.98. The molecule has 2 fully saturated rings. The number of nitrogens with zero attached hydrogens (tertiary/aromatic N) is 1. The number of hydrogen-bond acceptors (Lipinski definition) is 5. The van der Waals surface area contributed by atoms with Gasteiger partial charge in [-0.2, -0.15) is 0 Å². The van der Waals surface area contributed by atoms with Crippen molar-refractivity contribution in [1.82, 2.24) is 4.98 Å². The number of pyridine rings is 1. The summed E-state index contributed by atoms with van der Waals surface area (Å²) in [6.45, 7) is 1.92. The lowest BCUT2D eigenvalue weighted by Gasteiger charge is -2.49. The van der Waals surface area contributed by atoms with Gasteiger partial charge in [-0.05, 0) is 56.6 Å². The second kappa shape index (κ2) is 7.43. The van der Waals surface area contributed by atoms with Crippen LogP contribution in [0, 0.1) is 11.8 Å². The fraction of sp³-hybridized carbons (Fsp3) is 0.455. The van der Waals surface area contributed by atoms with E-state index in [4.69, 9.17) is 0 Å². The number of carboxylic acid groups (broad SMARTS) is 1. The Labute approximate surface area is 165 Å². The number of carboxylic acids is 1. The number of fused-ring (bicyclic) bond motifs is 2. The van der Waals surface area contributed by atoms with Crippen LogP contribution in [-0.2, 0) is 0 Å². The Hall–Kier alpha value is -2.60. The van der Waals surface area contributed by atoms with E-state index in [1.54, 1.807) is 6.07 Å². The topological polar surface area (TPSA) is 94.5 Å². The van der Waals surface area contributed by atoms with Crippen molar-refractivity contribution in [3.63, 3.8) is 0 Å². The lowest BCUT2D eigenvalue weighted by molar-refractivity contribution is -0.0432. The molecule has 6 heteroatoms. The smallest absolute Gasteiger partial charge is 0.339 e. The zero-order chi connectivity index (χ0) is 19.7. The first kappa shape index (κ1) is 18.7. The van der Waals surface area contributed by atoms with Crippen LogP contribution < -0.4 is 10.6 Å². The van der Waals surface area contributed by atoms with Gasteiger partial charge in [-0.3, -0.25) is 0 Å². The van der Waals surface area contributed by atoms with Crippen LogP contribution in [0.1, 0.15) is 49.4 Å². The van der Waals surface area contributed by atoms with Crippen LogP contribution in [0.3, 0.4) is 0 Å². The zero-order valence-corrected chi connectivity index (χ0v) is 16.1. The zero-order valence-electron chi connectivity index (χ0n) is 16.1. The van der Waals surface area contributed by atoms with Crippen molar-refractivity contribution in [3.05, 3.63) is 48.2 Å². The molecule has 2 aliphatic rings. The largest absolute Gasteiger partial charge is 0.478 e. The second-order valence-electron chi connectivity index (χ2n) is 8.44. The van der Waals surface area contributed by atoms with Gasteiger partial charge in [-0.1, -0.05) is 24.6 Å². The van der Waals surface area contributed by atoms with Gasteiger partial charge in [0.05, 0.1) is 11.3 Å². The molecule has 2 saturated carbocycles. The number of anilines is 3. The van der Waals surface area contributed by atoms with Crippen molar-refractivity contribution in [3.8, 4) is 0 Å². The van der Waals surface area contributed by atoms with Crippen LogP contribution in [0.25, 0.3) is 0 Å². The number of carbonyl (C=O) groups is 1. The van der Waals surface area contributed by atoms with Gasteiger partial charge in [0.1, 0.15) is 11.4 Å². The van der Waals surface area contributed by atoms with E-state index >= 15 is 0 Å². The van der Waals surface area contributed by atoms with Gasteiger partial charge in [0.15, 0.2) is 0 Å². The third-order valence-corrected chi connectivity index (χ3v) is 6.07. The number of benzene rings is 1.